The average molecular weight is 319 g/mol. The fourth-order valence-electron chi connectivity index (χ4n) is 2.64. The summed E-state index contributed by atoms with van der Waals surface area (Å²) in [6, 6.07) is 5.24. The fraction of sp³-hybridized carbons (Fsp3) is 0.529. The first kappa shape index (κ1) is 17.3. The predicted octanol–water partition coefficient (Wildman–Crippen LogP) is 1.74. The molecule has 0 radical (unpaired) electrons. The summed E-state index contributed by atoms with van der Waals surface area (Å²) in [5.41, 5.74) is 1.74. The Kier molecular flexibility index (Phi) is 4.94. The molecular weight excluding hydrogens is 294 g/mol. The quantitative estimate of drug-likeness (QED) is 0.881. The van der Waals surface area contributed by atoms with Gasteiger partial charge < -0.3 is 15.0 Å². The molecule has 6 nitrogen and oxygen atoms in total. The van der Waals surface area contributed by atoms with Gasteiger partial charge in [0.2, 0.25) is 0 Å². The Morgan fingerprint density at radius 1 is 1.35 bits per heavy atom. The van der Waals surface area contributed by atoms with Crippen molar-refractivity contribution in [3.05, 3.63) is 34.2 Å². The van der Waals surface area contributed by atoms with Crippen LogP contribution in [0.15, 0.2) is 23.0 Å². The largest absolute Gasteiger partial charge is 0.396 e. The van der Waals surface area contributed by atoms with E-state index in [4.69, 9.17) is 5.11 Å². The van der Waals surface area contributed by atoms with Crippen molar-refractivity contribution in [2.75, 3.05) is 19.7 Å². The van der Waals surface area contributed by atoms with E-state index in [-0.39, 0.29) is 23.6 Å². The van der Waals surface area contributed by atoms with Gasteiger partial charge in [-0.05, 0) is 30.0 Å². The number of carbonyl (C=O) groups excluding carboxylic acids is 1. The van der Waals surface area contributed by atoms with Crippen LogP contribution < -0.4 is 5.69 Å². The maximum absolute atomic E-state index is 12.8. The van der Waals surface area contributed by atoms with E-state index in [1.54, 1.807) is 30.1 Å². The second-order valence-corrected chi connectivity index (χ2v) is 7.09. The third-order valence-electron chi connectivity index (χ3n) is 3.69. The summed E-state index contributed by atoms with van der Waals surface area (Å²) in [7, 11) is 1.69. The van der Waals surface area contributed by atoms with E-state index in [0.29, 0.717) is 30.6 Å². The fourth-order valence-corrected chi connectivity index (χ4v) is 2.64. The van der Waals surface area contributed by atoms with Gasteiger partial charge in [-0.1, -0.05) is 20.8 Å². The lowest BCUT2D eigenvalue weighted by molar-refractivity contribution is 0.0682. The van der Waals surface area contributed by atoms with E-state index in [9.17, 15) is 9.59 Å². The van der Waals surface area contributed by atoms with Gasteiger partial charge >= 0.3 is 5.69 Å². The molecule has 0 fully saturated rings. The number of aryl methyl sites for hydroxylation is 1. The minimum absolute atomic E-state index is 0.0315. The van der Waals surface area contributed by atoms with Crippen LogP contribution in [0, 0.1) is 5.41 Å². The van der Waals surface area contributed by atoms with Crippen LogP contribution in [0.3, 0.4) is 0 Å². The van der Waals surface area contributed by atoms with Crippen molar-refractivity contribution >= 4 is 16.9 Å². The van der Waals surface area contributed by atoms with Crippen molar-refractivity contribution in [3.63, 3.8) is 0 Å². The molecule has 2 aromatic rings. The Labute approximate surface area is 135 Å². The number of hydrogen-bond acceptors (Lipinski definition) is 3. The molecule has 1 heterocycles. The highest BCUT2D eigenvalue weighted by Gasteiger charge is 2.22. The van der Waals surface area contributed by atoms with Crippen LogP contribution in [-0.4, -0.2) is 45.2 Å². The number of nitrogens with one attached hydrogen (secondary N) is 1. The van der Waals surface area contributed by atoms with Gasteiger partial charge in [-0.15, -0.1) is 0 Å². The minimum atomic E-state index is -0.198. The number of imidazole rings is 1. The van der Waals surface area contributed by atoms with Gasteiger partial charge in [-0.2, -0.15) is 0 Å². The number of rotatable bonds is 5. The summed E-state index contributed by atoms with van der Waals surface area (Å²) >= 11 is 0. The summed E-state index contributed by atoms with van der Waals surface area (Å²) in [5, 5.41) is 9.06. The highest BCUT2D eigenvalue weighted by Crippen LogP contribution is 2.19. The third kappa shape index (κ3) is 4.01. The SMILES string of the molecule is Cn1c(=O)[nH]c2cc(C(=O)N(CCCO)CC(C)(C)C)ccc21. The van der Waals surface area contributed by atoms with Crippen LogP contribution in [0.2, 0.25) is 0 Å². The predicted molar refractivity (Wildman–Crippen MR) is 90.6 cm³/mol. The zero-order valence-corrected chi connectivity index (χ0v) is 14.2. The van der Waals surface area contributed by atoms with Crippen LogP contribution in [0.4, 0.5) is 0 Å². The molecule has 0 bridgehead atoms. The number of aromatic nitrogens is 2. The number of hydrogen-bond donors (Lipinski definition) is 2. The summed E-state index contributed by atoms with van der Waals surface area (Å²) in [6.07, 6.45) is 0.548. The van der Waals surface area contributed by atoms with Crippen molar-refractivity contribution in [2.45, 2.75) is 27.2 Å². The molecule has 0 saturated heterocycles. The molecule has 6 heteroatoms. The molecule has 0 spiro atoms. The van der Waals surface area contributed by atoms with Crippen molar-refractivity contribution in [3.8, 4) is 0 Å². The van der Waals surface area contributed by atoms with Crippen LogP contribution >= 0.6 is 0 Å². The average Bonchev–Trinajstić information content (AvgIpc) is 2.76. The van der Waals surface area contributed by atoms with Crippen molar-refractivity contribution in [1.82, 2.24) is 14.5 Å². The van der Waals surface area contributed by atoms with Crippen LogP contribution in [-0.2, 0) is 7.05 Å². The molecule has 0 saturated carbocycles. The van der Waals surface area contributed by atoms with Crippen LogP contribution in [0.1, 0.15) is 37.6 Å². The molecule has 1 aromatic heterocycles. The van der Waals surface area contributed by atoms with E-state index in [0.717, 1.165) is 5.52 Å². The first-order valence-corrected chi connectivity index (χ1v) is 7.82. The molecular formula is C17H25N3O3. The van der Waals surface area contributed by atoms with E-state index in [2.05, 4.69) is 25.8 Å². The second-order valence-electron chi connectivity index (χ2n) is 7.09. The van der Waals surface area contributed by atoms with Gasteiger partial charge in [0.25, 0.3) is 5.91 Å². The summed E-state index contributed by atoms with van der Waals surface area (Å²) in [4.78, 5) is 29.0. The molecule has 126 valence electrons. The summed E-state index contributed by atoms with van der Waals surface area (Å²) in [6.45, 7) is 7.39. The topological polar surface area (TPSA) is 78.3 Å². The summed E-state index contributed by atoms with van der Waals surface area (Å²) in [5.74, 6) is -0.0834. The van der Waals surface area contributed by atoms with E-state index < -0.39 is 0 Å². The van der Waals surface area contributed by atoms with E-state index in [1.807, 2.05) is 0 Å². The number of aliphatic hydroxyl groups excluding tert-OH is 1. The highest BCUT2D eigenvalue weighted by molar-refractivity contribution is 5.97. The van der Waals surface area contributed by atoms with E-state index in [1.165, 1.54) is 4.57 Å². The smallest absolute Gasteiger partial charge is 0.326 e. The molecule has 2 rings (SSSR count). The molecule has 0 aliphatic rings. The Hall–Kier alpha value is -2.08. The highest BCUT2D eigenvalue weighted by atomic mass is 16.3. The minimum Gasteiger partial charge on any atom is -0.396 e. The first-order valence-electron chi connectivity index (χ1n) is 7.82. The van der Waals surface area contributed by atoms with Gasteiger partial charge in [-0.3, -0.25) is 9.36 Å². The van der Waals surface area contributed by atoms with Crippen molar-refractivity contribution < 1.29 is 9.90 Å². The van der Waals surface area contributed by atoms with Crippen LogP contribution in [0.25, 0.3) is 11.0 Å². The van der Waals surface area contributed by atoms with Crippen LogP contribution in [0.5, 0.6) is 0 Å². The lowest BCUT2D eigenvalue weighted by atomic mass is 9.95. The Balaban J connectivity index is 2.33. The summed E-state index contributed by atoms with van der Waals surface area (Å²) < 4.78 is 1.52. The number of H-pyrrole nitrogens is 1. The zero-order chi connectivity index (χ0) is 17.2. The normalized spacial score (nSPS) is 11.9. The van der Waals surface area contributed by atoms with E-state index >= 15 is 0 Å². The Bertz CT molecular complexity index is 753. The number of amides is 1. The lowest BCUT2D eigenvalue weighted by Gasteiger charge is -2.30. The number of benzene rings is 1. The second kappa shape index (κ2) is 6.58. The van der Waals surface area contributed by atoms with Gasteiger partial charge in [0.05, 0.1) is 11.0 Å². The van der Waals surface area contributed by atoms with Gasteiger partial charge in [0, 0.05) is 32.3 Å². The molecule has 23 heavy (non-hydrogen) atoms. The maximum atomic E-state index is 12.8. The number of nitrogens with zero attached hydrogens (tertiary/aromatic N) is 2. The first-order chi connectivity index (χ1) is 10.7. The lowest BCUT2D eigenvalue weighted by Crippen LogP contribution is -2.38. The zero-order valence-electron chi connectivity index (χ0n) is 14.2. The number of aromatic amines is 1. The van der Waals surface area contributed by atoms with Gasteiger partial charge in [-0.25, -0.2) is 4.79 Å². The molecule has 0 aliphatic carbocycles. The molecule has 1 aromatic carbocycles. The molecule has 0 aliphatic heterocycles. The Morgan fingerprint density at radius 3 is 2.65 bits per heavy atom. The number of carbonyl (C=O) groups is 1. The number of aliphatic hydroxyl groups is 1. The molecule has 0 unspecified atom stereocenters. The molecule has 2 N–H and O–H groups in total. The van der Waals surface area contributed by atoms with Gasteiger partial charge in [0.1, 0.15) is 0 Å². The van der Waals surface area contributed by atoms with Crippen molar-refractivity contribution in [2.24, 2.45) is 12.5 Å². The third-order valence-corrected chi connectivity index (χ3v) is 3.69. The number of fused-ring (bicyclic) bond motifs is 1. The Morgan fingerprint density at radius 2 is 2.04 bits per heavy atom. The monoisotopic (exact) mass is 319 g/mol. The molecule has 1 amide bonds. The van der Waals surface area contributed by atoms with Gasteiger partial charge in [0.15, 0.2) is 0 Å². The maximum Gasteiger partial charge on any atom is 0.326 e. The van der Waals surface area contributed by atoms with Crippen molar-refractivity contribution in [1.29, 1.82) is 0 Å². The molecule has 0 atom stereocenters. The standard InChI is InChI=1S/C17H25N3O3/c1-17(2,3)11-20(8-5-9-21)15(22)12-6-7-14-13(10-12)18-16(23)19(14)4/h6-7,10,21H,5,8-9,11H2,1-4H3,(H,18,23).